The van der Waals surface area contributed by atoms with E-state index < -0.39 is 29.3 Å². The molecular formula is C43H37As2IPd. The van der Waals surface area contributed by atoms with E-state index >= 15 is 0 Å². The summed E-state index contributed by atoms with van der Waals surface area (Å²) in [5, 5.41) is 0. The molecule has 0 amide bonds. The molecule has 0 bridgehead atoms. The molecule has 0 N–H and O–H groups in total. The SMILES string of the molecule is Cc1cc[c-]cc1.[Pd+][I].c1ccc([As](c2ccccc2)c2ccccc2)cc1.c1ccc([As](c2ccccc2)c2ccccc2)cc1. The average molecular weight is 937 g/mol. The quantitative estimate of drug-likeness (QED) is 0.0951. The molecule has 0 aliphatic carbocycles. The minimum absolute atomic E-state index is 1.29. The van der Waals surface area contributed by atoms with Crippen molar-refractivity contribution in [3.8, 4) is 0 Å². The Morgan fingerprint density at radius 1 is 0.340 bits per heavy atom. The average Bonchev–Trinajstić information content (AvgIpc) is 3.16. The second kappa shape index (κ2) is 21.8. The Labute approximate surface area is 312 Å². The molecule has 0 saturated heterocycles. The molecule has 0 aliphatic rings. The molecule has 0 atom stereocenters. The molecule has 0 fully saturated rings. The molecule has 0 spiro atoms. The summed E-state index contributed by atoms with van der Waals surface area (Å²) in [6, 6.07) is 76.2. The van der Waals surface area contributed by atoms with E-state index in [1.807, 2.05) is 43.8 Å². The Hall–Kier alpha value is -2.95. The topological polar surface area (TPSA) is 0 Å². The van der Waals surface area contributed by atoms with Gasteiger partial charge in [0.05, 0.1) is 0 Å². The van der Waals surface area contributed by atoms with Crippen LogP contribution >= 0.6 is 19.5 Å². The Balaban J connectivity index is 0.000000170. The van der Waals surface area contributed by atoms with Gasteiger partial charge in [0, 0.05) is 0 Å². The van der Waals surface area contributed by atoms with Crippen molar-refractivity contribution >= 4 is 74.9 Å². The summed E-state index contributed by atoms with van der Waals surface area (Å²) in [5.41, 5.74) is 1.29. The number of aryl methyl sites for hydroxylation is 1. The molecule has 0 aromatic heterocycles. The van der Waals surface area contributed by atoms with Crippen molar-refractivity contribution in [2.24, 2.45) is 0 Å². The monoisotopic (exact) mass is 936 g/mol. The van der Waals surface area contributed by atoms with Crippen LogP contribution < -0.4 is 26.1 Å². The van der Waals surface area contributed by atoms with Crippen LogP contribution in [0.25, 0.3) is 0 Å². The van der Waals surface area contributed by atoms with Gasteiger partial charge in [0.25, 0.3) is 0 Å². The third-order valence-electron chi connectivity index (χ3n) is 6.97. The van der Waals surface area contributed by atoms with Gasteiger partial charge < -0.3 is 0 Å². The van der Waals surface area contributed by atoms with Crippen molar-refractivity contribution < 1.29 is 15.6 Å². The summed E-state index contributed by atoms with van der Waals surface area (Å²) in [6.45, 7) is 2.06. The molecule has 0 unspecified atom stereocenters. The fraction of sp³-hybridized carbons (Fsp3) is 0.0233. The van der Waals surface area contributed by atoms with Crippen LogP contribution in [-0.4, -0.2) is 29.3 Å². The molecule has 7 aromatic carbocycles. The van der Waals surface area contributed by atoms with E-state index in [2.05, 4.69) is 211 Å². The number of rotatable bonds is 6. The molecule has 0 heterocycles. The fourth-order valence-corrected chi connectivity index (χ4v) is 14.5. The zero-order valence-electron chi connectivity index (χ0n) is 26.2. The first-order valence-electron chi connectivity index (χ1n) is 15.2. The van der Waals surface area contributed by atoms with Crippen LogP contribution in [0.15, 0.2) is 206 Å². The fourth-order valence-electron chi connectivity index (χ4n) is 4.83. The zero-order valence-corrected chi connectivity index (χ0v) is 33.7. The van der Waals surface area contributed by atoms with Crippen LogP contribution in [0.1, 0.15) is 5.56 Å². The van der Waals surface area contributed by atoms with E-state index in [1.165, 1.54) is 31.7 Å². The Bertz CT molecular complexity index is 1470. The molecule has 4 heteroatoms. The molecule has 236 valence electrons. The number of hydrogen-bond acceptors (Lipinski definition) is 0. The zero-order chi connectivity index (χ0) is 32.9. The molecule has 47 heavy (non-hydrogen) atoms. The van der Waals surface area contributed by atoms with E-state index in [4.69, 9.17) is 0 Å². The first-order valence-corrected chi connectivity index (χ1v) is 25.5. The summed E-state index contributed by atoms with van der Waals surface area (Å²) in [4.78, 5) is 0. The first kappa shape index (κ1) is 36.9. The van der Waals surface area contributed by atoms with Crippen LogP contribution in [0.5, 0.6) is 0 Å². The minimum atomic E-state index is -1.39. The maximum absolute atomic E-state index is 2.93. The normalized spacial score (nSPS) is 10.0. The van der Waals surface area contributed by atoms with Gasteiger partial charge in [-0.1, -0.05) is 6.92 Å². The predicted molar refractivity (Wildman–Crippen MR) is 212 cm³/mol. The number of benzene rings is 7. The standard InChI is InChI=1S/2C18H15As.C7H7.HI.Pd/c2*1-4-10-16(11-5-1)19(17-12-6-2-7-13-17)18-14-8-3-9-15-18;1-7-5-3-2-4-6-7;;/h2*1-15H;3-6H,1H3;1H;/q;;-1;;+2/p-1. The summed E-state index contributed by atoms with van der Waals surface area (Å²) in [5.74, 6) is 0. The van der Waals surface area contributed by atoms with E-state index in [0.29, 0.717) is 0 Å². The van der Waals surface area contributed by atoms with Crippen LogP contribution in [0.3, 0.4) is 0 Å². The third-order valence-corrected chi connectivity index (χ3v) is 17.2. The van der Waals surface area contributed by atoms with Gasteiger partial charge in [-0.15, -0.1) is 0 Å². The van der Waals surface area contributed by atoms with Gasteiger partial charge in [-0.25, -0.2) is 0 Å². The van der Waals surface area contributed by atoms with E-state index in [-0.39, 0.29) is 0 Å². The van der Waals surface area contributed by atoms with Crippen molar-refractivity contribution in [2.75, 3.05) is 0 Å². The molecule has 0 radical (unpaired) electrons. The van der Waals surface area contributed by atoms with E-state index in [1.54, 1.807) is 0 Å². The van der Waals surface area contributed by atoms with Crippen molar-refractivity contribution in [1.29, 1.82) is 0 Å². The van der Waals surface area contributed by atoms with E-state index in [9.17, 15) is 0 Å². The number of halogens is 1. The summed E-state index contributed by atoms with van der Waals surface area (Å²) >= 11 is 1.94. The molecule has 0 saturated carbocycles. The van der Waals surface area contributed by atoms with Crippen LogP contribution in [0.2, 0.25) is 0 Å². The Morgan fingerprint density at radius 3 is 0.681 bits per heavy atom. The molecule has 0 aliphatic heterocycles. The van der Waals surface area contributed by atoms with Gasteiger partial charge in [-0.05, 0) is 0 Å². The summed E-state index contributed by atoms with van der Waals surface area (Å²) in [7, 11) is 0. The first-order chi connectivity index (χ1) is 23.3. The molecule has 0 nitrogen and oxygen atoms in total. The Kier molecular flexibility index (Phi) is 17.1. The summed E-state index contributed by atoms with van der Waals surface area (Å²) < 4.78 is 8.87. The maximum atomic E-state index is 2.93. The van der Waals surface area contributed by atoms with Crippen molar-refractivity contribution in [2.45, 2.75) is 6.92 Å². The van der Waals surface area contributed by atoms with Crippen LogP contribution in [-0.2, 0) is 15.6 Å². The van der Waals surface area contributed by atoms with Gasteiger partial charge in [-0.3, -0.25) is 0 Å². The molecule has 7 rings (SSSR count). The van der Waals surface area contributed by atoms with Crippen molar-refractivity contribution in [3.05, 3.63) is 218 Å². The van der Waals surface area contributed by atoms with Crippen LogP contribution in [0, 0.1) is 13.0 Å². The molecular weight excluding hydrogens is 900 g/mol. The van der Waals surface area contributed by atoms with Gasteiger partial charge >= 0.3 is 273 Å². The van der Waals surface area contributed by atoms with E-state index in [0.717, 1.165) is 0 Å². The summed E-state index contributed by atoms with van der Waals surface area (Å²) in [6.07, 6.45) is 0. The van der Waals surface area contributed by atoms with Crippen LogP contribution in [0.4, 0.5) is 0 Å². The number of hydrogen-bond donors (Lipinski definition) is 0. The Morgan fingerprint density at radius 2 is 0.532 bits per heavy atom. The molecule has 7 aromatic rings. The van der Waals surface area contributed by atoms with Gasteiger partial charge in [-0.2, -0.15) is 35.9 Å². The second-order valence-electron chi connectivity index (χ2n) is 10.3. The third kappa shape index (κ3) is 12.2. The van der Waals surface area contributed by atoms with Crippen molar-refractivity contribution in [1.82, 2.24) is 0 Å². The van der Waals surface area contributed by atoms with Crippen molar-refractivity contribution in [3.63, 3.8) is 0 Å². The van der Waals surface area contributed by atoms with Gasteiger partial charge in [0.1, 0.15) is 0 Å². The van der Waals surface area contributed by atoms with Gasteiger partial charge in [0.15, 0.2) is 0 Å². The predicted octanol–water partition coefficient (Wildman–Crippen LogP) is 7.08. The van der Waals surface area contributed by atoms with Gasteiger partial charge in [0.2, 0.25) is 0 Å². The second-order valence-corrected chi connectivity index (χ2v) is 19.6.